The highest BCUT2D eigenvalue weighted by Gasteiger charge is 2.15. The van der Waals surface area contributed by atoms with Crippen LogP contribution in [0.1, 0.15) is 10.5 Å². The van der Waals surface area contributed by atoms with Crippen molar-refractivity contribution >= 4 is 11.7 Å². The average Bonchev–Trinajstić information content (AvgIpc) is 2.81. The van der Waals surface area contributed by atoms with Crippen molar-refractivity contribution in [2.24, 2.45) is 0 Å². The fraction of sp³-hybridized carbons (Fsp3) is 0. The zero-order valence-electron chi connectivity index (χ0n) is 9.46. The number of benzene rings is 1. The molecule has 0 unspecified atom stereocenters. The highest BCUT2D eigenvalue weighted by Crippen LogP contribution is 2.07. The molecule has 0 saturated carbocycles. The number of hydrogen-bond acceptors (Lipinski definition) is 5. The van der Waals surface area contributed by atoms with Crippen LogP contribution < -0.4 is 5.56 Å². The van der Waals surface area contributed by atoms with Crippen LogP contribution in [0.3, 0.4) is 0 Å². The highest BCUT2D eigenvalue weighted by molar-refractivity contribution is 5.84. The first-order chi connectivity index (χ1) is 9.16. The van der Waals surface area contributed by atoms with Crippen LogP contribution in [-0.2, 0) is 0 Å². The maximum Gasteiger partial charge on any atom is 0.362 e. The van der Waals surface area contributed by atoms with Crippen LogP contribution in [0.2, 0.25) is 0 Å². The SMILES string of the molecule is O=C(O)c1nn2cnn(-c3ccccc3)c2nc1=O. The summed E-state index contributed by atoms with van der Waals surface area (Å²) in [7, 11) is 0. The monoisotopic (exact) mass is 257 g/mol. The van der Waals surface area contributed by atoms with Crippen LogP contribution in [0, 0.1) is 0 Å². The lowest BCUT2D eigenvalue weighted by atomic mass is 10.3. The fourth-order valence-corrected chi connectivity index (χ4v) is 1.65. The van der Waals surface area contributed by atoms with Crippen LogP contribution in [0.15, 0.2) is 41.5 Å². The van der Waals surface area contributed by atoms with E-state index in [4.69, 9.17) is 5.11 Å². The van der Waals surface area contributed by atoms with Gasteiger partial charge in [0.2, 0.25) is 5.69 Å². The molecule has 0 atom stereocenters. The van der Waals surface area contributed by atoms with Crippen molar-refractivity contribution in [3.8, 4) is 5.69 Å². The van der Waals surface area contributed by atoms with Gasteiger partial charge in [-0.15, -0.1) is 0 Å². The average molecular weight is 257 g/mol. The molecule has 0 aliphatic carbocycles. The number of rotatable bonds is 2. The number of aromatic carboxylic acids is 1. The first-order valence-corrected chi connectivity index (χ1v) is 5.30. The summed E-state index contributed by atoms with van der Waals surface area (Å²) in [5.74, 6) is -1.26. The largest absolute Gasteiger partial charge is 0.476 e. The maximum atomic E-state index is 11.5. The molecule has 3 rings (SSSR count). The molecule has 2 heterocycles. The number of carboxylic acids is 1. The van der Waals surface area contributed by atoms with Gasteiger partial charge in [-0.1, -0.05) is 18.2 Å². The van der Waals surface area contributed by atoms with Gasteiger partial charge in [0.05, 0.1) is 5.69 Å². The van der Waals surface area contributed by atoms with Crippen LogP contribution >= 0.6 is 0 Å². The molecular weight excluding hydrogens is 250 g/mol. The molecule has 0 spiro atoms. The van der Waals surface area contributed by atoms with E-state index in [2.05, 4.69) is 15.2 Å². The number of carbonyl (C=O) groups is 1. The van der Waals surface area contributed by atoms with E-state index in [0.717, 1.165) is 4.52 Å². The minimum absolute atomic E-state index is 0.154. The summed E-state index contributed by atoms with van der Waals surface area (Å²) in [5.41, 5.74) is -0.836. The normalized spacial score (nSPS) is 10.7. The summed E-state index contributed by atoms with van der Waals surface area (Å²) in [6, 6.07) is 9.03. The third-order valence-electron chi connectivity index (χ3n) is 2.49. The lowest BCUT2D eigenvalue weighted by Crippen LogP contribution is -2.23. The van der Waals surface area contributed by atoms with Gasteiger partial charge in [-0.25, -0.2) is 4.79 Å². The summed E-state index contributed by atoms with van der Waals surface area (Å²) in [5, 5.41) is 16.5. The predicted octanol–water partition coefficient (Wildman–Crippen LogP) is -0.0266. The maximum absolute atomic E-state index is 11.5. The van der Waals surface area contributed by atoms with Gasteiger partial charge in [0, 0.05) is 0 Å². The molecule has 8 nitrogen and oxygen atoms in total. The molecule has 0 fully saturated rings. The van der Waals surface area contributed by atoms with Crippen molar-refractivity contribution < 1.29 is 9.90 Å². The second-order valence-electron chi connectivity index (χ2n) is 3.69. The molecule has 0 bridgehead atoms. The van der Waals surface area contributed by atoms with E-state index in [1.807, 2.05) is 18.2 Å². The fourth-order valence-electron chi connectivity index (χ4n) is 1.65. The van der Waals surface area contributed by atoms with Crippen LogP contribution in [-0.4, -0.2) is 35.5 Å². The quantitative estimate of drug-likeness (QED) is 0.691. The molecule has 8 heteroatoms. The highest BCUT2D eigenvalue weighted by atomic mass is 16.4. The first-order valence-electron chi connectivity index (χ1n) is 5.30. The lowest BCUT2D eigenvalue weighted by Gasteiger charge is -2.00. The zero-order chi connectivity index (χ0) is 13.4. The van der Waals surface area contributed by atoms with Crippen LogP contribution in [0.25, 0.3) is 11.5 Å². The minimum atomic E-state index is -1.42. The van der Waals surface area contributed by atoms with Crippen molar-refractivity contribution in [1.82, 2.24) is 24.4 Å². The molecule has 0 aliphatic heterocycles. The van der Waals surface area contributed by atoms with E-state index in [1.165, 1.54) is 11.0 Å². The van der Waals surface area contributed by atoms with E-state index >= 15 is 0 Å². The number of aromatic nitrogens is 5. The Kier molecular flexibility index (Phi) is 2.34. The predicted molar refractivity (Wildman–Crippen MR) is 63.3 cm³/mol. The Labute approximate surface area is 105 Å². The van der Waals surface area contributed by atoms with E-state index in [9.17, 15) is 9.59 Å². The van der Waals surface area contributed by atoms with Crippen LogP contribution in [0.5, 0.6) is 0 Å². The van der Waals surface area contributed by atoms with Crippen molar-refractivity contribution in [3.05, 3.63) is 52.7 Å². The van der Waals surface area contributed by atoms with Crippen molar-refractivity contribution in [2.75, 3.05) is 0 Å². The molecular formula is C11H7N5O3. The third kappa shape index (κ3) is 1.75. The first kappa shape index (κ1) is 11.1. The molecule has 0 amide bonds. The van der Waals surface area contributed by atoms with Gasteiger partial charge in [-0.2, -0.15) is 24.4 Å². The van der Waals surface area contributed by atoms with Gasteiger partial charge < -0.3 is 5.11 Å². The van der Waals surface area contributed by atoms with Crippen LogP contribution in [0.4, 0.5) is 0 Å². The smallest absolute Gasteiger partial charge is 0.362 e. The molecule has 1 aromatic carbocycles. The number of nitrogens with zero attached hydrogens (tertiary/aromatic N) is 5. The topological polar surface area (TPSA) is 102 Å². The van der Waals surface area contributed by atoms with E-state index in [0.29, 0.717) is 5.69 Å². The molecule has 0 radical (unpaired) electrons. The number of fused-ring (bicyclic) bond motifs is 1. The van der Waals surface area contributed by atoms with Crippen molar-refractivity contribution in [2.45, 2.75) is 0 Å². The summed E-state index contributed by atoms with van der Waals surface area (Å²) >= 11 is 0. The Morgan fingerprint density at radius 1 is 1.21 bits per heavy atom. The van der Waals surface area contributed by atoms with Gasteiger partial charge in [-0.05, 0) is 12.1 Å². The van der Waals surface area contributed by atoms with Gasteiger partial charge in [0.15, 0.2) is 0 Å². The summed E-state index contributed by atoms with van der Waals surface area (Å²) in [6.45, 7) is 0. The van der Waals surface area contributed by atoms with E-state index < -0.39 is 17.2 Å². The molecule has 0 saturated heterocycles. The Morgan fingerprint density at radius 2 is 1.95 bits per heavy atom. The lowest BCUT2D eigenvalue weighted by molar-refractivity contribution is 0.0686. The third-order valence-corrected chi connectivity index (χ3v) is 2.49. The Morgan fingerprint density at radius 3 is 2.63 bits per heavy atom. The minimum Gasteiger partial charge on any atom is -0.476 e. The second kappa shape index (κ2) is 4.02. The van der Waals surface area contributed by atoms with E-state index in [-0.39, 0.29) is 5.78 Å². The molecule has 3 aromatic rings. The second-order valence-corrected chi connectivity index (χ2v) is 3.69. The summed E-state index contributed by atoms with van der Waals surface area (Å²) in [6.07, 6.45) is 1.29. The Bertz CT molecular complexity index is 821. The van der Waals surface area contributed by atoms with Crippen molar-refractivity contribution in [1.29, 1.82) is 0 Å². The van der Waals surface area contributed by atoms with Crippen molar-refractivity contribution in [3.63, 3.8) is 0 Å². The number of carboxylic acid groups (broad SMARTS) is 1. The van der Waals surface area contributed by atoms with E-state index in [1.54, 1.807) is 12.1 Å². The number of hydrogen-bond donors (Lipinski definition) is 1. The molecule has 0 aliphatic rings. The molecule has 94 valence electrons. The molecule has 1 N–H and O–H groups in total. The molecule has 2 aromatic heterocycles. The molecule has 19 heavy (non-hydrogen) atoms. The van der Waals surface area contributed by atoms with Gasteiger partial charge >= 0.3 is 11.5 Å². The Balaban J connectivity index is 2.28. The van der Waals surface area contributed by atoms with Gasteiger partial charge in [0.1, 0.15) is 6.33 Å². The zero-order valence-corrected chi connectivity index (χ0v) is 9.46. The Hall–Kier alpha value is -3.03. The summed E-state index contributed by atoms with van der Waals surface area (Å²) < 4.78 is 2.55. The number of para-hydroxylation sites is 1. The van der Waals surface area contributed by atoms with Gasteiger partial charge in [-0.3, -0.25) is 4.79 Å². The summed E-state index contributed by atoms with van der Waals surface area (Å²) in [4.78, 5) is 26.0. The standard InChI is InChI=1S/C11H7N5O3/c17-9-8(10(18)19)14-15-6-12-16(11(15)13-9)7-4-2-1-3-5-7/h1-6H,(H,18,19). The van der Waals surface area contributed by atoms with Gasteiger partial charge in [0.25, 0.3) is 5.78 Å².